The summed E-state index contributed by atoms with van der Waals surface area (Å²) in [6.45, 7) is 2.48. The van der Waals surface area contributed by atoms with Crippen LogP contribution in [-0.4, -0.2) is 6.54 Å². The first kappa shape index (κ1) is 8.37. The molecule has 60 valence electrons. The van der Waals surface area contributed by atoms with Crippen LogP contribution in [0.3, 0.4) is 0 Å². The van der Waals surface area contributed by atoms with Gasteiger partial charge in [0.1, 0.15) is 5.76 Å². The predicted octanol–water partition coefficient (Wildman–Crippen LogP) is 2.30. The Balaban J connectivity index is 2.78. The summed E-state index contributed by atoms with van der Waals surface area (Å²) in [5.41, 5.74) is 6.45. The molecule has 1 aromatic rings. The first-order chi connectivity index (χ1) is 5.22. The lowest BCUT2D eigenvalue weighted by molar-refractivity contribution is 0.558. The largest absolute Gasteiger partial charge is 0.445 e. The molecule has 3 heteroatoms. The lowest BCUT2D eigenvalue weighted by Gasteiger charge is -1.91. The highest BCUT2D eigenvalue weighted by Crippen LogP contribution is 2.15. The maximum Gasteiger partial charge on any atom is 0.193 e. The zero-order valence-corrected chi connectivity index (χ0v) is 7.06. The van der Waals surface area contributed by atoms with Crippen LogP contribution in [0.4, 0.5) is 0 Å². The molecule has 0 aliphatic heterocycles. The van der Waals surface area contributed by atoms with Crippen molar-refractivity contribution in [3.8, 4) is 0 Å². The van der Waals surface area contributed by atoms with E-state index in [9.17, 15) is 0 Å². The maximum atomic E-state index is 5.56. The van der Waals surface area contributed by atoms with Crippen LogP contribution >= 0.6 is 11.6 Å². The van der Waals surface area contributed by atoms with Gasteiger partial charge in [-0.3, -0.25) is 0 Å². The zero-order valence-electron chi connectivity index (χ0n) is 6.30. The molecule has 0 aliphatic carbocycles. The second-order valence-electron chi connectivity index (χ2n) is 2.34. The summed E-state index contributed by atoms with van der Waals surface area (Å²) in [4.78, 5) is 0. The van der Waals surface area contributed by atoms with Gasteiger partial charge in [0.05, 0.1) is 0 Å². The van der Waals surface area contributed by atoms with Crippen molar-refractivity contribution in [1.29, 1.82) is 0 Å². The van der Waals surface area contributed by atoms with E-state index in [2.05, 4.69) is 0 Å². The average Bonchev–Trinajstić information content (AvgIpc) is 2.35. The lowest BCUT2D eigenvalue weighted by Crippen LogP contribution is -1.98. The van der Waals surface area contributed by atoms with Gasteiger partial charge in [0.25, 0.3) is 0 Å². The number of rotatable bonds is 2. The molecule has 0 aromatic carbocycles. The molecule has 2 nitrogen and oxygen atoms in total. The van der Waals surface area contributed by atoms with E-state index >= 15 is 0 Å². The molecule has 0 radical (unpaired) electrons. The summed E-state index contributed by atoms with van der Waals surface area (Å²) in [5, 5.41) is 0.404. The van der Waals surface area contributed by atoms with Crippen LogP contribution < -0.4 is 5.73 Å². The zero-order chi connectivity index (χ0) is 8.27. The SMILES string of the molecule is CC(=Cc1ccc(Cl)o1)CN. The van der Waals surface area contributed by atoms with E-state index in [0.717, 1.165) is 11.3 Å². The molecule has 0 bridgehead atoms. The minimum atomic E-state index is 0.404. The molecule has 2 N–H and O–H groups in total. The Kier molecular flexibility index (Phi) is 2.74. The summed E-state index contributed by atoms with van der Waals surface area (Å²) < 4.78 is 5.09. The van der Waals surface area contributed by atoms with Crippen LogP contribution in [0.5, 0.6) is 0 Å². The predicted molar refractivity (Wildman–Crippen MR) is 46.4 cm³/mol. The summed E-state index contributed by atoms with van der Waals surface area (Å²) in [6.07, 6.45) is 1.87. The molecule has 0 unspecified atom stereocenters. The van der Waals surface area contributed by atoms with Gasteiger partial charge >= 0.3 is 0 Å². The summed E-state index contributed by atoms with van der Waals surface area (Å²) in [5.74, 6) is 0.748. The summed E-state index contributed by atoms with van der Waals surface area (Å²) in [7, 11) is 0. The van der Waals surface area contributed by atoms with E-state index < -0.39 is 0 Å². The molecular formula is C8H10ClNO. The van der Waals surface area contributed by atoms with Crippen molar-refractivity contribution in [2.45, 2.75) is 6.92 Å². The third kappa shape index (κ3) is 2.41. The van der Waals surface area contributed by atoms with Gasteiger partial charge in [-0.25, -0.2) is 0 Å². The fourth-order valence-corrected chi connectivity index (χ4v) is 0.860. The molecule has 0 saturated carbocycles. The lowest BCUT2D eigenvalue weighted by atomic mass is 10.2. The van der Waals surface area contributed by atoms with Gasteiger partial charge in [-0.15, -0.1) is 0 Å². The Morgan fingerprint density at radius 1 is 1.73 bits per heavy atom. The minimum Gasteiger partial charge on any atom is -0.445 e. The third-order valence-corrected chi connectivity index (χ3v) is 1.51. The highest BCUT2D eigenvalue weighted by atomic mass is 35.5. The normalized spacial score (nSPS) is 12.1. The molecule has 0 spiro atoms. The first-order valence-electron chi connectivity index (χ1n) is 3.35. The average molecular weight is 172 g/mol. The van der Waals surface area contributed by atoms with E-state index in [-0.39, 0.29) is 0 Å². The van der Waals surface area contributed by atoms with E-state index in [4.69, 9.17) is 21.8 Å². The highest BCUT2D eigenvalue weighted by Gasteiger charge is 1.95. The first-order valence-corrected chi connectivity index (χ1v) is 3.73. The Hall–Kier alpha value is -0.730. The molecule has 0 fully saturated rings. The Labute approximate surface area is 70.6 Å². The van der Waals surface area contributed by atoms with E-state index in [1.54, 1.807) is 6.07 Å². The number of halogens is 1. The van der Waals surface area contributed by atoms with Crippen molar-refractivity contribution in [1.82, 2.24) is 0 Å². The van der Waals surface area contributed by atoms with Crippen molar-refractivity contribution < 1.29 is 4.42 Å². The molecule has 1 aromatic heterocycles. The molecule has 0 atom stereocenters. The van der Waals surface area contributed by atoms with Gasteiger partial charge in [-0.05, 0) is 36.7 Å². The molecule has 0 aliphatic rings. The molecular weight excluding hydrogens is 162 g/mol. The van der Waals surface area contributed by atoms with Crippen molar-refractivity contribution in [2.24, 2.45) is 5.73 Å². The van der Waals surface area contributed by atoms with Gasteiger partial charge in [0.15, 0.2) is 5.22 Å². The molecule has 0 amide bonds. The van der Waals surface area contributed by atoms with Crippen molar-refractivity contribution in [3.63, 3.8) is 0 Å². The number of furan rings is 1. The van der Waals surface area contributed by atoms with Crippen LogP contribution in [0.25, 0.3) is 6.08 Å². The Morgan fingerprint density at radius 2 is 2.45 bits per heavy atom. The minimum absolute atomic E-state index is 0.404. The summed E-state index contributed by atoms with van der Waals surface area (Å²) >= 11 is 5.56. The molecule has 11 heavy (non-hydrogen) atoms. The van der Waals surface area contributed by atoms with Gasteiger partial charge in [-0.2, -0.15) is 0 Å². The van der Waals surface area contributed by atoms with Crippen LogP contribution in [0.15, 0.2) is 22.1 Å². The van der Waals surface area contributed by atoms with Gasteiger partial charge < -0.3 is 10.2 Å². The van der Waals surface area contributed by atoms with Gasteiger partial charge in [0, 0.05) is 6.54 Å². The monoisotopic (exact) mass is 171 g/mol. The Morgan fingerprint density at radius 3 is 2.91 bits per heavy atom. The quantitative estimate of drug-likeness (QED) is 0.742. The maximum absolute atomic E-state index is 5.56. The van der Waals surface area contributed by atoms with Gasteiger partial charge in [-0.1, -0.05) is 5.57 Å². The summed E-state index contributed by atoms with van der Waals surface area (Å²) in [6, 6.07) is 3.51. The number of hydrogen-bond acceptors (Lipinski definition) is 2. The van der Waals surface area contributed by atoms with Crippen LogP contribution in [0.1, 0.15) is 12.7 Å². The smallest absolute Gasteiger partial charge is 0.193 e. The van der Waals surface area contributed by atoms with Crippen molar-refractivity contribution in [3.05, 3.63) is 28.7 Å². The molecule has 1 rings (SSSR count). The Bertz CT molecular complexity index is 265. The number of hydrogen-bond donors (Lipinski definition) is 1. The second-order valence-corrected chi connectivity index (χ2v) is 2.71. The van der Waals surface area contributed by atoms with Crippen molar-refractivity contribution in [2.75, 3.05) is 6.54 Å². The van der Waals surface area contributed by atoms with Crippen LogP contribution in [0, 0.1) is 0 Å². The topological polar surface area (TPSA) is 39.2 Å². The van der Waals surface area contributed by atoms with E-state index in [1.165, 1.54) is 0 Å². The molecule has 1 heterocycles. The highest BCUT2D eigenvalue weighted by molar-refractivity contribution is 6.28. The van der Waals surface area contributed by atoms with E-state index in [0.29, 0.717) is 11.8 Å². The number of nitrogens with two attached hydrogens (primary N) is 1. The van der Waals surface area contributed by atoms with Crippen molar-refractivity contribution >= 4 is 17.7 Å². The third-order valence-electron chi connectivity index (χ3n) is 1.30. The standard InChI is InChI=1S/C8H10ClNO/c1-6(5-10)4-7-2-3-8(9)11-7/h2-4H,5,10H2,1H3. The second kappa shape index (κ2) is 3.60. The van der Waals surface area contributed by atoms with Gasteiger partial charge in [0.2, 0.25) is 0 Å². The fraction of sp³-hybridized carbons (Fsp3) is 0.250. The molecule has 0 saturated heterocycles. The fourth-order valence-electron chi connectivity index (χ4n) is 0.708. The van der Waals surface area contributed by atoms with E-state index in [1.807, 2.05) is 19.1 Å². The van der Waals surface area contributed by atoms with Crippen LogP contribution in [0.2, 0.25) is 5.22 Å². The van der Waals surface area contributed by atoms with Crippen LogP contribution in [-0.2, 0) is 0 Å².